The summed E-state index contributed by atoms with van der Waals surface area (Å²) in [5, 5.41) is 1.83. The zero-order valence-electron chi connectivity index (χ0n) is 8.09. The summed E-state index contributed by atoms with van der Waals surface area (Å²) >= 11 is 5.15. The second kappa shape index (κ2) is 5.21. The van der Waals surface area contributed by atoms with Crippen molar-refractivity contribution in [3.63, 3.8) is 0 Å². The fourth-order valence-corrected chi connectivity index (χ4v) is 1.28. The molecule has 0 saturated heterocycles. The lowest BCUT2D eigenvalue weighted by Crippen LogP contribution is -2.38. The fourth-order valence-electron chi connectivity index (χ4n) is 1.20. The van der Waals surface area contributed by atoms with E-state index in [4.69, 9.17) is 11.6 Å². The maximum absolute atomic E-state index is 12.6. The summed E-state index contributed by atoms with van der Waals surface area (Å²) in [6.45, 7) is 0. The van der Waals surface area contributed by atoms with E-state index in [1.54, 1.807) is 6.07 Å². The van der Waals surface area contributed by atoms with Crippen LogP contribution in [0.5, 0.6) is 0 Å². The maximum Gasteiger partial charge on any atom is 0.412 e. The molecule has 2 nitrogen and oxygen atoms in total. The standard InChI is InChI=1S/C10H9ClF3NO/c11-6-8(16)15-9(10(12,13)14)7-4-2-1-3-5-7/h1-5,9H,6H2,(H,15,16). The number of benzene rings is 1. The van der Waals surface area contributed by atoms with Crippen LogP contribution in [0, 0.1) is 0 Å². The fraction of sp³-hybridized carbons (Fsp3) is 0.300. The molecule has 0 spiro atoms. The van der Waals surface area contributed by atoms with E-state index in [1.165, 1.54) is 24.3 Å². The molecule has 0 fully saturated rings. The van der Waals surface area contributed by atoms with Gasteiger partial charge in [-0.2, -0.15) is 13.2 Å². The molecule has 6 heteroatoms. The van der Waals surface area contributed by atoms with Crippen molar-refractivity contribution in [2.24, 2.45) is 0 Å². The molecule has 0 aliphatic carbocycles. The molecule has 88 valence electrons. The van der Waals surface area contributed by atoms with Gasteiger partial charge < -0.3 is 5.32 Å². The van der Waals surface area contributed by atoms with Gasteiger partial charge in [-0.25, -0.2) is 0 Å². The van der Waals surface area contributed by atoms with Crippen molar-refractivity contribution in [3.05, 3.63) is 35.9 Å². The normalized spacial score (nSPS) is 13.2. The summed E-state index contributed by atoms with van der Waals surface area (Å²) in [6, 6.07) is 5.13. The Balaban J connectivity index is 2.93. The third kappa shape index (κ3) is 3.41. The number of carbonyl (C=O) groups excluding carboxylic acids is 1. The van der Waals surface area contributed by atoms with Gasteiger partial charge in [0.05, 0.1) is 0 Å². The zero-order valence-corrected chi connectivity index (χ0v) is 8.85. The summed E-state index contributed by atoms with van der Waals surface area (Å²) in [6.07, 6.45) is -4.54. The minimum Gasteiger partial charge on any atom is -0.340 e. The van der Waals surface area contributed by atoms with Crippen molar-refractivity contribution >= 4 is 17.5 Å². The van der Waals surface area contributed by atoms with Gasteiger partial charge in [-0.05, 0) is 5.56 Å². The van der Waals surface area contributed by atoms with Crippen LogP contribution in [-0.2, 0) is 4.79 Å². The first-order chi connectivity index (χ1) is 7.45. The summed E-state index contributed by atoms with van der Waals surface area (Å²) in [4.78, 5) is 10.9. The lowest BCUT2D eigenvalue weighted by Gasteiger charge is -2.21. The lowest BCUT2D eigenvalue weighted by molar-refractivity contribution is -0.162. The number of carbonyl (C=O) groups is 1. The number of amides is 1. The molecule has 1 rings (SSSR count). The van der Waals surface area contributed by atoms with Crippen LogP contribution in [0.25, 0.3) is 0 Å². The van der Waals surface area contributed by atoms with Crippen molar-refractivity contribution in [1.29, 1.82) is 0 Å². The quantitative estimate of drug-likeness (QED) is 0.822. The topological polar surface area (TPSA) is 29.1 Å². The second-order valence-corrected chi connectivity index (χ2v) is 3.35. The largest absolute Gasteiger partial charge is 0.412 e. The Morgan fingerprint density at radius 3 is 2.31 bits per heavy atom. The highest BCUT2D eigenvalue weighted by Gasteiger charge is 2.41. The van der Waals surface area contributed by atoms with E-state index in [-0.39, 0.29) is 5.56 Å². The van der Waals surface area contributed by atoms with E-state index < -0.39 is 24.0 Å². The van der Waals surface area contributed by atoms with Crippen LogP contribution in [0.4, 0.5) is 13.2 Å². The van der Waals surface area contributed by atoms with E-state index >= 15 is 0 Å². The van der Waals surface area contributed by atoms with Crippen LogP contribution in [0.1, 0.15) is 11.6 Å². The molecule has 16 heavy (non-hydrogen) atoms. The lowest BCUT2D eigenvalue weighted by atomic mass is 10.1. The number of hydrogen-bond acceptors (Lipinski definition) is 1. The monoisotopic (exact) mass is 251 g/mol. The van der Waals surface area contributed by atoms with Gasteiger partial charge >= 0.3 is 6.18 Å². The Hall–Kier alpha value is -1.23. The molecular weight excluding hydrogens is 243 g/mol. The third-order valence-corrected chi connectivity index (χ3v) is 2.13. The van der Waals surface area contributed by atoms with Gasteiger partial charge in [-0.1, -0.05) is 30.3 Å². The molecule has 1 N–H and O–H groups in total. The average Bonchev–Trinajstić information content (AvgIpc) is 2.25. The zero-order chi connectivity index (χ0) is 12.2. The number of hydrogen-bond donors (Lipinski definition) is 1. The second-order valence-electron chi connectivity index (χ2n) is 3.09. The Labute approximate surface area is 95.4 Å². The predicted molar refractivity (Wildman–Crippen MR) is 54.1 cm³/mol. The molecule has 1 amide bonds. The maximum atomic E-state index is 12.6. The van der Waals surface area contributed by atoms with E-state index in [9.17, 15) is 18.0 Å². The van der Waals surface area contributed by atoms with Crippen LogP contribution in [0.2, 0.25) is 0 Å². The Morgan fingerprint density at radius 2 is 1.88 bits per heavy atom. The summed E-state index contributed by atoms with van der Waals surface area (Å²) in [7, 11) is 0. The molecule has 1 atom stereocenters. The highest BCUT2D eigenvalue weighted by atomic mass is 35.5. The van der Waals surface area contributed by atoms with Crippen LogP contribution >= 0.6 is 11.6 Å². The van der Waals surface area contributed by atoms with Crippen molar-refractivity contribution in [3.8, 4) is 0 Å². The van der Waals surface area contributed by atoms with Gasteiger partial charge in [0.25, 0.3) is 0 Å². The molecule has 0 saturated carbocycles. The van der Waals surface area contributed by atoms with Crippen LogP contribution in [0.3, 0.4) is 0 Å². The molecule has 0 aromatic heterocycles. The molecule has 0 heterocycles. The molecule has 1 aromatic rings. The number of alkyl halides is 4. The van der Waals surface area contributed by atoms with Crippen LogP contribution in [0.15, 0.2) is 30.3 Å². The van der Waals surface area contributed by atoms with Gasteiger partial charge in [-0.15, -0.1) is 11.6 Å². The molecule has 1 aromatic carbocycles. The highest BCUT2D eigenvalue weighted by molar-refractivity contribution is 6.27. The van der Waals surface area contributed by atoms with Crippen molar-refractivity contribution in [2.75, 3.05) is 5.88 Å². The molecule has 0 radical (unpaired) electrons. The predicted octanol–water partition coefficient (Wildman–Crippen LogP) is 2.65. The molecule has 0 aliphatic rings. The number of rotatable bonds is 3. The first-order valence-corrected chi connectivity index (χ1v) is 4.95. The minimum atomic E-state index is -4.54. The highest BCUT2D eigenvalue weighted by Crippen LogP contribution is 2.32. The van der Waals surface area contributed by atoms with E-state index in [2.05, 4.69) is 0 Å². The molecule has 1 unspecified atom stereocenters. The van der Waals surface area contributed by atoms with Crippen molar-refractivity contribution in [2.45, 2.75) is 12.2 Å². The first-order valence-electron chi connectivity index (χ1n) is 4.42. The average molecular weight is 252 g/mol. The van der Waals surface area contributed by atoms with Crippen LogP contribution < -0.4 is 5.32 Å². The molecular formula is C10H9ClF3NO. The SMILES string of the molecule is O=C(CCl)NC(c1ccccc1)C(F)(F)F. The minimum absolute atomic E-state index is 0.0199. The summed E-state index contributed by atoms with van der Waals surface area (Å²) in [5.74, 6) is -1.35. The Morgan fingerprint density at radius 1 is 1.31 bits per heavy atom. The third-order valence-electron chi connectivity index (χ3n) is 1.89. The van der Waals surface area contributed by atoms with Crippen molar-refractivity contribution < 1.29 is 18.0 Å². The van der Waals surface area contributed by atoms with Gasteiger partial charge in [-0.3, -0.25) is 4.79 Å². The van der Waals surface area contributed by atoms with E-state index in [0.29, 0.717) is 0 Å². The number of halogens is 4. The Kier molecular flexibility index (Phi) is 4.18. The summed E-state index contributed by atoms with van der Waals surface area (Å²) < 4.78 is 37.9. The first kappa shape index (κ1) is 12.8. The molecule has 0 bridgehead atoms. The van der Waals surface area contributed by atoms with E-state index in [0.717, 1.165) is 0 Å². The molecule has 0 aliphatic heterocycles. The Bertz CT molecular complexity index is 353. The van der Waals surface area contributed by atoms with Gasteiger partial charge in [0.1, 0.15) is 5.88 Å². The van der Waals surface area contributed by atoms with Gasteiger partial charge in [0.15, 0.2) is 6.04 Å². The van der Waals surface area contributed by atoms with Crippen molar-refractivity contribution in [1.82, 2.24) is 5.32 Å². The van der Waals surface area contributed by atoms with Crippen LogP contribution in [-0.4, -0.2) is 18.0 Å². The smallest absolute Gasteiger partial charge is 0.340 e. The van der Waals surface area contributed by atoms with Gasteiger partial charge in [0.2, 0.25) is 5.91 Å². The number of nitrogens with one attached hydrogen (secondary N) is 1. The summed E-state index contributed by atoms with van der Waals surface area (Å²) in [5.41, 5.74) is -0.0199. The van der Waals surface area contributed by atoms with E-state index in [1.807, 2.05) is 5.32 Å². The van der Waals surface area contributed by atoms with Gasteiger partial charge in [0, 0.05) is 0 Å².